The molecule has 4 rings (SSSR count). The molecule has 0 spiro atoms. The molecule has 1 saturated heterocycles. The van der Waals surface area contributed by atoms with Gasteiger partial charge in [0.25, 0.3) is 0 Å². The van der Waals surface area contributed by atoms with Gasteiger partial charge in [-0.25, -0.2) is 0 Å². The summed E-state index contributed by atoms with van der Waals surface area (Å²) < 4.78 is 5.52. The highest BCUT2D eigenvalue weighted by atomic mass is 35.5. The van der Waals surface area contributed by atoms with Gasteiger partial charge in [0, 0.05) is 29.6 Å². The van der Waals surface area contributed by atoms with Crippen LogP contribution in [-0.2, 0) is 4.79 Å². The lowest BCUT2D eigenvalue weighted by atomic mass is 9.92. The van der Waals surface area contributed by atoms with Crippen LogP contribution >= 0.6 is 11.6 Å². The highest BCUT2D eigenvalue weighted by Gasteiger charge is 2.31. The van der Waals surface area contributed by atoms with Gasteiger partial charge in [0.1, 0.15) is 0 Å². The van der Waals surface area contributed by atoms with Crippen LogP contribution < -0.4 is 0 Å². The van der Waals surface area contributed by atoms with Crippen molar-refractivity contribution < 1.29 is 9.32 Å². The lowest BCUT2D eigenvalue weighted by Crippen LogP contribution is -2.40. The fourth-order valence-electron chi connectivity index (χ4n) is 3.92. The zero-order valence-corrected chi connectivity index (χ0v) is 17.2. The summed E-state index contributed by atoms with van der Waals surface area (Å²) in [5.74, 6) is 1.55. The Balaban J connectivity index is 1.39. The highest BCUT2D eigenvalue weighted by Crippen LogP contribution is 2.31. The standard InChI is InChI=1S/C23H24ClN3O2/c1-2-20(16-6-4-3-5-7-16)23(28)27-14-12-18(13-15-27)22-25-21(26-29-22)17-8-10-19(24)11-9-17/h3-11,18,20H,2,12-15H2,1H3. The molecule has 0 saturated carbocycles. The normalized spacial score (nSPS) is 16.0. The van der Waals surface area contributed by atoms with Crippen molar-refractivity contribution in [2.24, 2.45) is 0 Å². The lowest BCUT2D eigenvalue weighted by Gasteiger charge is -2.33. The first-order valence-corrected chi connectivity index (χ1v) is 10.5. The molecule has 0 radical (unpaired) electrons. The average Bonchev–Trinajstić information content (AvgIpc) is 3.26. The number of piperidine rings is 1. The number of rotatable bonds is 5. The van der Waals surface area contributed by atoms with Crippen molar-refractivity contribution in [1.82, 2.24) is 15.0 Å². The van der Waals surface area contributed by atoms with E-state index in [4.69, 9.17) is 16.1 Å². The average molecular weight is 410 g/mol. The van der Waals surface area contributed by atoms with E-state index in [0.717, 1.165) is 30.4 Å². The summed E-state index contributed by atoms with van der Waals surface area (Å²) >= 11 is 5.94. The number of likely N-dealkylation sites (tertiary alicyclic amines) is 1. The maximum atomic E-state index is 13.1. The molecule has 29 heavy (non-hydrogen) atoms. The van der Waals surface area contributed by atoms with E-state index in [2.05, 4.69) is 17.1 Å². The van der Waals surface area contributed by atoms with Gasteiger partial charge >= 0.3 is 0 Å². The van der Waals surface area contributed by atoms with Crippen LogP contribution in [0.15, 0.2) is 59.1 Å². The molecular weight excluding hydrogens is 386 g/mol. The second-order valence-corrected chi connectivity index (χ2v) is 7.87. The second kappa shape index (κ2) is 8.78. The van der Waals surface area contributed by atoms with E-state index in [-0.39, 0.29) is 17.7 Å². The molecule has 0 N–H and O–H groups in total. The van der Waals surface area contributed by atoms with Crippen LogP contribution in [0.25, 0.3) is 11.4 Å². The number of halogens is 1. The van der Waals surface area contributed by atoms with Gasteiger partial charge in [-0.15, -0.1) is 0 Å². The minimum atomic E-state index is -0.0762. The molecular formula is C23H24ClN3O2. The van der Waals surface area contributed by atoms with Gasteiger partial charge in [-0.2, -0.15) is 4.98 Å². The third-order valence-corrected chi connectivity index (χ3v) is 5.86. The van der Waals surface area contributed by atoms with Crippen molar-refractivity contribution in [3.8, 4) is 11.4 Å². The number of nitrogens with zero attached hydrogens (tertiary/aromatic N) is 3. The first-order valence-electron chi connectivity index (χ1n) is 10.1. The van der Waals surface area contributed by atoms with E-state index < -0.39 is 0 Å². The smallest absolute Gasteiger partial charge is 0.230 e. The maximum Gasteiger partial charge on any atom is 0.230 e. The van der Waals surface area contributed by atoms with Crippen LogP contribution in [0.4, 0.5) is 0 Å². The Labute approximate surface area is 175 Å². The van der Waals surface area contributed by atoms with Crippen LogP contribution in [-0.4, -0.2) is 34.0 Å². The van der Waals surface area contributed by atoms with Gasteiger partial charge in [0.15, 0.2) is 0 Å². The third-order valence-electron chi connectivity index (χ3n) is 5.61. The van der Waals surface area contributed by atoms with Crippen molar-refractivity contribution in [3.05, 3.63) is 71.1 Å². The number of benzene rings is 2. The summed E-state index contributed by atoms with van der Waals surface area (Å²) in [7, 11) is 0. The van der Waals surface area contributed by atoms with Crippen molar-refractivity contribution in [2.75, 3.05) is 13.1 Å². The second-order valence-electron chi connectivity index (χ2n) is 7.43. The number of carbonyl (C=O) groups is 1. The molecule has 1 amide bonds. The van der Waals surface area contributed by atoms with Crippen molar-refractivity contribution in [1.29, 1.82) is 0 Å². The van der Waals surface area contributed by atoms with Crippen LogP contribution in [0.5, 0.6) is 0 Å². The minimum Gasteiger partial charge on any atom is -0.342 e. The maximum absolute atomic E-state index is 13.1. The first-order chi connectivity index (χ1) is 14.2. The Morgan fingerprint density at radius 3 is 2.48 bits per heavy atom. The van der Waals surface area contributed by atoms with E-state index >= 15 is 0 Å². The molecule has 1 unspecified atom stereocenters. The van der Waals surface area contributed by atoms with Crippen LogP contribution in [0.1, 0.15) is 49.5 Å². The van der Waals surface area contributed by atoms with Gasteiger partial charge < -0.3 is 9.42 Å². The number of hydrogen-bond donors (Lipinski definition) is 0. The number of hydrogen-bond acceptors (Lipinski definition) is 4. The topological polar surface area (TPSA) is 59.2 Å². The number of carbonyl (C=O) groups excluding carboxylic acids is 1. The molecule has 2 aromatic carbocycles. The summed E-state index contributed by atoms with van der Waals surface area (Å²) in [5.41, 5.74) is 1.97. The van der Waals surface area contributed by atoms with Gasteiger partial charge in [-0.3, -0.25) is 4.79 Å². The van der Waals surface area contributed by atoms with Gasteiger partial charge in [-0.1, -0.05) is 54.0 Å². The highest BCUT2D eigenvalue weighted by molar-refractivity contribution is 6.30. The van der Waals surface area contributed by atoms with Crippen LogP contribution in [0, 0.1) is 0 Å². The fourth-order valence-corrected chi connectivity index (χ4v) is 4.05. The molecule has 3 aromatic rings. The molecule has 0 aliphatic carbocycles. The van der Waals surface area contributed by atoms with E-state index in [1.165, 1.54) is 0 Å². The Bertz CT molecular complexity index is 948. The largest absolute Gasteiger partial charge is 0.342 e. The van der Waals surface area contributed by atoms with Crippen LogP contribution in [0.3, 0.4) is 0 Å². The predicted octanol–water partition coefficient (Wildman–Crippen LogP) is 5.29. The summed E-state index contributed by atoms with van der Waals surface area (Å²) in [5, 5.41) is 4.79. The van der Waals surface area contributed by atoms with Gasteiger partial charge in [-0.05, 0) is 49.1 Å². The third kappa shape index (κ3) is 4.35. The Kier molecular flexibility index (Phi) is 5.95. The van der Waals surface area contributed by atoms with Crippen LogP contribution in [0.2, 0.25) is 5.02 Å². The van der Waals surface area contributed by atoms with E-state index in [9.17, 15) is 4.79 Å². The van der Waals surface area contributed by atoms with Crippen molar-refractivity contribution in [3.63, 3.8) is 0 Å². The molecule has 2 heterocycles. The predicted molar refractivity (Wildman–Crippen MR) is 113 cm³/mol. The summed E-state index contributed by atoms with van der Waals surface area (Å²) in [4.78, 5) is 19.6. The Hall–Kier alpha value is -2.66. The molecule has 6 heteroatoms. The lowest BCUT2D eigenvalue weighted by molar-refractivity contribution is -0.134. The van der Waals surface area contributed by atoms with Gasteiger partial charge in [0.2, 0.25) is 17.6 Å². The molecule has 150 valence electrons. The quantitative estimate of drug-likeness (QED) is 0.574. The molecule has 1 atom stereocenters. The van der Waals surface area contributed by atoms with E-state index in [0.29, 0.717) is 29.8 Å². The molecule has 1 aliphatic rings. The first kappa shape index (κ1) is 19.6. The Morgan fingerprint density at radius 1 is 1.14 bits per heavy atom. The Morgan fingerprint density at radius 2 is 1.83 bits per heavy atom. The summed E-state index contributed by atoms with van der Waals surface area (Å²) in [6.07, 6.45) is 2.47. The zero-order chi connectivity index (χ0) is 20.2. The fraction of sp³-hybridized carbons (Fsp3) is 0.348. The zero-order valence-electron chi connectivity index (χ0n) is 16.4. The number of aromatic nitrogens is 2. The van der Waals surface area contributed by atoms with E-state index in [1.807, 2.05) is 59.5 Å². The van der Waals surface area contributed by atoms with E-state index in [1.54, 1.807) is 0 Å². The monoisotopic (exact) mass is 409 g/mol. The van der Waals surface area contributed by atoms with Crippen molar-refractivity contribution >= 4 is 17.5 Å². The minimum absolute atomic E-state index is 0.0762. The molecule has 1 aliphatic heterocycles. The van der Waals surface area contributed by atoms with Crippen molar-refractivity contribution in [2.45, 2.75) is 38.0 Å². The van der Waals surface area contributed by atoms with Gasteiger partial charge in [0.05, 0.1) is 5.92 Å². The molecule has 5 nitrogen and oxygen atoms in total. The molecule has 1 fully saturated rings. The SMILES string of the molecule is CCC(C(=O)N1CCC(c2nc(-c3ccc(Cl)cc3)no2)CC1)c1ccccc1. The molecule has 1 aromatic heterocycles. The summed E-state index contributed by atoms with van der Waals surface area (Å²) in [6, 6.07) is 17.4. The molecule has 0 bridgehead atoms. The summed E-state index contributed by atoms with van der Waals surface area (Å²) in [6.45, 7) is 3.50. The number of amides is 1.